The molecule has 0 N–H and O–H groups in total. The van der Waals surface area contributed by atoms with Gasteiger partial charge in [0.25, 0.3) is 5.91 Å². The molecule has 0 spiro atoms. The summed E-state index contributed by atoms with van der Waals surface area (Å²) in [5.41, 5.74) is 0.783. The van der Waals surface area contributed by atoms with E-state index in [1.165, 1.54) is 11.3 Å². The standard InChI is InChI=1S/C21H17N5O2S/c1-13-11-25(12-22)20-18(13)26(20)21(27)19-24-10-17(29-19)15-9-23-8-7-16(15)28-14-5-3-2-4-6-14/h2-10,13,18,20H,11H2,1H3/t13?,18-,20?,26?/m1/s1. The molecule has 2 aliphatic rings. The smallest absolute Gasteiger partial charge is 0.284 e. The van der Waals surface area contributed by atoms with Gasteiger partial charge in [-0.15, -0.1) is 11.3 Å². The van der Waals surface area contributed by atoms with Crippen molar-refractivity contribution in [2.45, 2.75) is 19.1 Å². The van der Waals surface area contributed by atoms with Gasteiger partial charge in [0.2, 0.25) is 0 Å². The highest BCUT2D eigenvalue weighted by atomic mass is 32.1. The van der Waals surface area contributed by atoms with Crippen LogP contribution in [-0.2, 0) is 0 Å². The molecule has 29 heavy (non-hydrogen) atoms. The first-order valence-electron chi connectivity index (χ1n) is 9.29. The molecule has 4 heterocycles. The number of para-hydroxylation sites is 1. The first-order chi connectivity index (χ1) is 14.2. The molecular formula is C21H17N5O2S. The van der Waals surface area contributed by atoms with Crippen molar-refractivity contribution in [3.8, 4) is 28.1 Å². The Labute approximate surface area is 171 Å². The van der Waals surface area contributed by atoms with Gasteiger partial charge in [-0.1, -0.05) is 25.1 Å². The minimum absolute atomic E-state index is 0.102. The zero-order chi connectivity index (χ0) is 20.0. The maximum Gasteiger partial charge on any atom is 0.284 e. The zero-order valence-corrected chi connectivity index (χ0v) is 16.4. The van der Waals surface area contributed by atoms with Gasteiger partial charge in [0.1, 0.15) is 17.7 Å². The molecule has 1 amide bonds. The molecule has 0 saturated carbocycles. The number of hydrogen-bond acceptors (Lipinski definition) is 7. The average molecular weight is 403 g/mol. The molecule has 144 valence electrons. The summed E-state index contributed by atoms with van der Waals surface area (Å²) in [6.07, 6.45) is 7.12. The maximum absolute atomic E-state index is 12.9. The summed E-state index contributed by atoms with van der Waals surface area (Å²) in [7, 11) is 0. The second-order valence-corrected chi connectivity index (χ2v) is 8.19. The number of thiazole rings is 1. The highest BCUT2D eigenvalue weighted by molar-refractivity contribution is 7.17. The van der Waals surface area contributed by atoms with E-state index in [-0.39, 0.29) is 24.0 Å². The topological polar surface area (TPSA) is 82.1 Å². The van der Waals surface area contributed by atoms with Crippen molar-refractivity contribution in [1.82, 2.24) is 19.8 Å². The van der Waals surface area contributed by atoms with E-state index in [4.69, 9.17) is 4.74 Å². The van der Waals surface area contributed by atoms with Crippen LogP contribution >= 0.6 is 11.3 Å². The fourth-order valence-corrected chi connectivity index (χ4v) is 4.77. The highest BCUT2D eigenvalue weighted by Gasteiger charge is 2.62. The monoisotopic (exact) mass is 403 g/mol. The Bertz CT molecular complexity index is 1110. The quantitative estimate of drug-likeness (QED) is 0.489. The number of nitrogens with zero attached hydrogens (tertiary/aromatic N) is 5. The predicted molar refractivity (Wildman–Crippen MR) is 107 cm³/mol. The molecule has 2 aliphatic heterocycles. The fourth-order valence-electron chi connectivity index (χ4n) is 3.90. The summed E-state index contributed by atoms with van der Waals surface area (Å²) >= 11 is 1.31. The number of carbonyl (C=O) groups excluding carboxylic acids is 1. The zero-order valence-electron chi connectivity index (χ0n) is 15.6. The lowest BCUT2D eigenvalue weighted by Gasteiger charge is -2.16. The fraction of sp³-hybridized carbons (Fsp3) is 0.238. The Hall–Kier alpha value is -3.44. The van der Waals surface area contributed by atoms with Gasteiger partial charge in [-0.3, -0.25) is 14.7 Å². The summed E-state index contributed by atoms with van der Waals surface area (Å²) < 4.78 is 6.00. The summed E-state index contributed by atoms with van der Waals surface area (Å²) in [4.78, 5) is 25.7. The van der Waals surface area contributed by atoms with Crippen LogP contribution in [0.3, 0.4) is 0 Å². The Morgan fingerprint density at radius 2 is 2.10 bits per heavy atom. The molecule has 0 aliphatic carbocycles. The number of fused-ring (bicyclic) bond motifs is 1. The van der Waals surface area contributed by atoms with E-state index in [2.05, 4.69) is 23.1 Å². The van der Waals surface area contributed by atoms with Crippen molar-refractivity contribution >= 4 is 17.2 Å². The van der Waals surface area contributed by atoms with Crippen molar-refractivity contribution in [2.75, 3.05) is 6.54 Å². The van der Waals surface area contributed by atoms with Crippen LogP contribution in [0.25, 0.3) is 10.4 Å². The van der Waals surface area contributed by atoms with E-state index in [0.29, 0.717) is 17.3 Å². The van der Waals surface area contributed by atoms with Gasteiger partial charge >= 0.3 is 0 Å². The van der Waals surface area contributed by atoms with Gasteiger partial charge in [-0.25, -0.2) is 4.98 Å². The molecule has 2 saturated heterocycles. The van der Waals surface area contributed by atoms with E-state index in [1.807, 2.05) is 30.3 Å². The average Bonchev–Trinajstić information content (AvgIpc) is 3.12. The first-order valence-corrected chi connectivity index (χ1v) is 10.1. The minimum atomic E-state index is -0.127. The largest absolute Gasteiger partial charge is 0.457 e. The minimum Gasteiger partial charge on any atom is -0.457 e. The van der Waals surface area contributed by atoms with E-state index in [0.717, 1.165) is 16.2 Å². The molecule has 8 heteroatoms. The molecule has 1 aromatic carbocycles. The van der Waals surface area contributed by atoms with Gasteiger partial charge in [0.05, 0.1) is 16.5 Å². The lowest BCUT2D eigenvalue weighted by Crippen LogP contribution is -2.30. The van der Waals surface area contributed by atoms with Gasteiger partial charge in [0, 0.05) is 25.1 Å². The van der Waals surface area contributed by atoms with Gasteiger partial charge < -0.3 is 9.64 Å². The number of hydrogen-bond donors (Lipinski definition) is 0. The highest BCUT2D eigenvalue weighted by Crippen LogP contribution is 2.45. The molecule has 5 rings (SSSR count). The molecule has 2 aromatic heterocycles. The number of rotatable bonds is 4. The van der Waals surface area contributed by atoms with Crippen LogP contribution < -0.4 is 4.74 Å². The third-order valence-corrected chi connectivity index (χ3v) is 6.30. The molecule has 0 bridgehead atoms. The van der Waals surface area contributed by atoms with Crippen LogP contribution in [-0.4, -0.2) is 44.4 Å². The van der Waals surface area contributed by atoms with Crippen LogP contribution in [0.4, 0.5) is 0 Å². The summed E-state index contributed by atoms with van der Waals surface area (Å²) in [6.45, 7) is 2.77. The number of likely N-dealkylation sites (tertiary alicyclic amines) is 1. The Morgan fingerprint density at radius 3 is 2.90 bits per heavy atom. The molecule has 3 aromatic rings. The van der Waals surface area contributed by atoms with E-state index < -0.39 is 0 Å². The van der Waals surface area contributed by atoms with Gasteiger partial charge in [0.15, 0.2) is 11.2 Å². The van der Waals surface area contributed by atoms with Crippen LogP contribution in [0.2, 0.25) is 0 Å². The number of ether oxygens (including phenoxy) is 1. The lowest BCUT2D eigenvalue weighted by molar-refractivity contribution is 0.0816. The number of benzene rings is 1. The van der Waals surface area contributed by atoms with Crippen molar-refractivity contribution in [2.24, 2.45) is 5.92 Å². The van der Waals surface area contributed by atoms with Crippen LogP contribution in [0.1, 0.15) is 16.7 Å². The molecule has 2 fully saturated rings. The molecule has 3 atom stereocenters. The number of pyridine rings is 1. The normalized spacial score (nSPS) is 22.1. The maximum atomic E-state index is 12.9. The second-order valence-electron chi connectivity index (χ2n) is 7.16. The first kappa shape index (κ1) is 17.6. The Balaban J connectivity index is 1.39. The Kier molecular flexibility index (Phi) is 4.18. The van der Waals surface area contributed by atoms with Crippen molar-refractivity contribution in [1.29, 1.82) is 5.26 Å². The molecule has 0 radical (unpaired) electrons. The predicted octanol–water partition coefficient (Wildman–Crippen LogP) is 3.58. The van der Waals surface area contributed by atoms with Crippen LogP contribution in [0.5, 0.6) is 11.5 Å². The number of carbonyl (C=O) groups is 1. The van der Waals surface area contributed by atoms with Gasteiger partial charge in [-0.05, 0) is 24.1 Å². The molecule has 2 unspecified atom stereocenters. The van der Waals surface area contributed by atoms with Crippen LogP contribution in [0.15, 0.2) is 55.0 Å². The molecular weight excluding hydrogens is 386 g/mol. The third-order valence-electron chi connectivity index (χ3n) is 5.28. The second kappa shape index (κ2) is 6.87. The van der Waals surface area contributed by atoms with Crippen molar-refractivity contribution in [3.05, 3.63) is 60.0 Å². The number of nitriles is 1. The lowest BCUT2D eigenvalue weighted by atomic mass is 10.1. The Morgan fingerprint density at radius 1 is 1.28 bits per heavy atom. The third kappa shape index (κ3) is 3.00. The van der Waals surface area contributed by atoms with Gasteiger partial charge in [-0.2, -0.15) is 5.26 Å². The van der Waals surface area contributed by atoms with Crippen molar-refractivity contribution in [3.63, 3.8) is 0 Å². The summed E-state index contributed by atoms with van der Waals surface area (Å²) in [5, 5.41) is 9.67. The van der Waals surface area contributed by atoms with E-state index in [9.17, 15) is 10.1 Å². The van der Waals surface area contributed by atoms with E-state index in [1.54, 1.807) is 34.5 Å². The summed E-state index contributed by atoms with van der Waals surface area (Å²) in [6, 6.07) is 11.4. The summed E-state index contributed by atoms with van der Waals surface area (Å²) in [5.74, 6) is 1.54. The SMILES string of the molecule is CC1CN(C#N)C2[C@@H]1N2C(=O)c1ncc(-c2cnccc2Oc2ccccc2)s1. The van der Waals surface area contributed by atoms with Crippen molar-refractivity contribution < 1.29 is 9.53 Å². The molecule has 7 nitrogen and oxygen atoms in total. The van der Waals surface area contributed by atoms with Crippen LogP contribution in [0, 0.1) is 17.4 Å². The number of aromatic nitrogens is 2. The van der Waals surface area contributed by atoms with E-state index >= 15 is 0 Å². The number of amides is 1.